The summed E-state index contributed by atoms with van der Waals surface area (Å²) in [6.45, 7) is 7.59. The first kappa shape index (κ1) is 25.8. The zero-order valence-corrected chi connectivity index (χ0v) is 18.0. The SMILES string of the molecule is CC(C)CC[C@@H](c1cc(Br)ccc1OC(F)(F)F)N1CCNCC1.Cl.Cl. The Morgan fingerprint density at radius 2 is 1.77 bits per heavy atom. The fourth-order valence-corrected chi connectivity index (χ4v) is 3.40. The van der Waals surface area contributed by atoms with Crippen LogP contribution in [-0.4, -0.2) is 37.4 Å². The molecule has 1 fully saturated rings. The van der Waals surface area contributed by atoms with E-state index < -0.39 is 6.36 Å². The predicted octanol–water partition coefficient (Wildman–Crippen LogP) is 5.57. The molecule has 1 saturated heterocycles. The Morgan fingerprint density at radius 1 is 1.15 bits per heavy atom. The molecule has 0 aliphatic carbocycles. The zero-order chi connectivity index (χ0) is 17.7. The number of benzene rings is 1. The molecule has 0 radical (unpaired) electrons. The van der Waals surface area contributed by atoms with Gasteiger partial charge < -0.3 is 10.1 Å². The molecule has 3 nitrogen and oxygen atoms in total. The highest BCUT2D eigenvalue weighted by molar-refractivity contribution is 9.10. The molecule has 1 aliphatic heterocycles. The van der Waals surface area contributed by atoms with Crippen LogP contribution in [0.4, 0.5) is 13.2 Å². The molecular formula is C17H26BrCl2F3N2O. The number of hydrogen-bond acceptors (Lipinski definition) is 3. The second-order valence-electron chi connectivity index (χ2n) is 6.50. The molecule has 0 saturated carbocycles. The van der Waals surface area contributed by atoms with Gasteiger partial charge in [0.15, 0.2) is 0 Å². The number of rotatable bonds is 6. The lowest BCUT2D eigenvalue weighted by Crippen LogP contribution is -2.45. The number of alkyl halides is 3. The summed E-state index contributed by atoms with van der Waals surface area (Å²) >= 11 is 3.38. The highest BCUT2D eigenvalue weighted by atomic mass is 79.9. The second-order valence-corrected chi connectivity index (χ2v) is 7.42. The monoisotopic (exact) mass is 480 g/mol. The second kappa shape index (κ2) is 11.6. The molecule has 1 heterocycles. The van der Waals surface area contributed by atoms with Crippen molar-refractivity contribution >= 4 is 40.7 Å². The van der Waals surface area contributed by atoms with Crippen molar-refractivity contribution in [2.45, 2.75) is 39.1 Å². The summed E-state index contributed by atoms with van der Waals surface area (Å²) in [5.41, 5.74) is 0.601. The van der Waals surface area contributed by atoms with Crippen molar-refractivity contribution in [2.24, 2.45) is 5.92 Å². The van der Waals surface area contributed by atoms with E-state index in [0.29, 0.717) is 11.5 Å². The van der Waals surface area contributed by atoms with Gasteiger partial charge in [-0.25, -0.2) is 0 Å². The third-order valence-corrected chi connectivity index (χ3v) is 4.66. The van der Waals surface area contributed by atoms with Gasteiger partial charge in [0.2, 0.25) is 0 Å². The number of hydrogen-bond donors (Lipinski definition) is 1. The van der Waals surface area contributed by atoms with Crippen LogP contribution in [-0.2, 0) is 0 Å². The molecule has 152 valence electrons. The van der Waals surface area contributed by atoms with Crippen molar-refractivity contribution in [1.29, 1.82) is 0 Å². The smallest absolute Gasteiger partial charge is 0.405 e. The maximum absolute atomic E-state index is 12.8. The summed E-state index contributed by atoms with van der Waals surface area (Å²) in [7, 11) is 0. The van der Waals surface area contributed by atoms with E-state index in [2.05, 4.69) is 44.7 Å². The summed E-state index contributed by atoms with van der Waals surface area (Å²) in [5.74, 6) is 0.396. The molecule has 26 heavy (non-hydrogen) atoms. The van der Waals surface area contributed by atoms with Crippen molar-refractivity contribution in [3.05, 3.63) is 28.2 Å². The van der Waals surface area contributed by atoms with Crippen LogP contribution in [0.25, 0.3) is 0 Å². The van der Waals surface area contributed by atoms with Gasteiger partial charge in [0, 0.05) is 42.3 Å². The third kappa shape index (κ3) is 8.21. The average Bonchev–Trinajstić information content (AvgIpc) is 2.49. The van der Waals surface area contributed by atoms with Gasteiger partial charge in [-0.05, 0) is 37.0 Å². The highest BCUT2D eigenvalue weighted by Crippen LogP contribution is 2.38. The first-order valence-electron chi connectivity index (χ1n) is 8.26. The van der Waals surface area contributed by atoms with Crippen molar-refractivity contribution in [3.63, 3.8) is 0 Å². The molecule has 1 N–H and O–H groups in total. The molecule has 0 spiro atoms. The molecule has 0 unspecified atom stereocenters. The fourth-order valence-electron chi connectivity index (χ4n) is 3.02. The van der Waals surface area contributed by atoms with E-state index in [-0.39, 0.29) is 36.6 Å². The molecular weight excluding hydrogens is 456 g/mol. The van der Waals surface area contributed by atoms with Crippen LogP contribution in [0.3, 0.4) is 0 Å². The van der Waals surface area contributed by atoms with Gasteiger partial charge in [0.1, 0.15) is 5.75 Å². The molecule has 2 rings (SSSR count). The summed E-state index contributed by atoms with van der Waals surface area (Å²) in [6, 6.07) is 4.66. The topological polar surface area (TPSA) is 24.5 Å². The Kier molecular flexibility index (Phi) is 11.5. The number of nitrogens with one attached hydrogen (secondary N) is 1. The summed E-state index contributed by atoms with van der Waals surface area (Å²) < 4.78 is 43.4. The van der Waals surface area contributed by atoms with Crippen molar-refractivity contribution in [3.8, 4) is 5.75 Å². The van der Waals surface area contributed by atoms with E-state index in [0.717, 1.165) is 43.5 Å². The van der Waals surface area contributed by atoms with Crippen LogP contribution >= 0.6 is 40.7 Å². The van der Waals surface area contributed by atoms with E-state index in [4.69, 9.17) is 0 Å². The first-order valence-corrected chi connectivity index (χ1v) is 9.05. The van der Waals surface area contributed by atoms with Crippen molar-refractivity contribution in [2.75, 3.05) is 26.2 Å². The molecule has 1 aliphatic rings. The van der Waals surface area contributed by atoms with E-state index in [1.54, 1.807) is 12.1 Å². The third-order valence-electron chi connectivity index (χ3n) is 4.17. The van der Waals surface area contributed by atoms with Crippen LogP contribution in [0, 0.1) is 5.92 Å². The normalized spacial score (nSPS) is 16.6. The highest BCUT2D eigenvalue weighted by Gasteiger charge is 2.34. The van der Waals surface area contributed by atoms with E-state index in [9.17, 15) is 13.2 Å². The minimum Gasteiger partial charge on any atom is -0.405 e. The number of ether oxygens (including phenoxy) is 1. The molecule has 0 amide bonds. The lowest BCUT2D eigenvalue weighted by atomic mass is 9.95. The van der Waals surface area contributed by atoms with Crippen LogP contribution in [0.5, 0.6) is 5.75 Å². The Balaban J connectivity index is 0.00000312. The standard InChI is InChI=1S/C17H24BrF3N2O.2ClH/c1-12(2)3-5-15(23-9-7-22-8-10-23)14-11-13(18)4-6-16(14)24-17(19,20)21;;/h4,6,11-12,15,22H,3,5,7-10H2,1-2H3;2*1H/t15-;;/m0../s1. The molecule has 1 aromatic carbocycles. The van der Waals surface area contributed by atoms with Crippen LogP contribution in [0.15, 0.2) is 22.7 Å². The van der Waals surface area contributed by atoms with Gasteiger partial charge in [-0.15, -0.1) is 38.0 Å². The summed E-state index contributed by atoms with van der Waals surface area (Å²) in [5, 5.41) is 3.29. The minimum absolute atomic E-state index is 0. The minimum atomic E-state index is -4.69. The molecule has 1 atom stereocenters. The van der Waals surface area contributed by atoms with Gasteiger partial charge in [0.25, 0.3) is 0 Å². The quantitative estimate of drug-likeness (QED) is 0.574. The van der Waals surface area contributed by atoms with Crippen LogP contribution in [0.1, 0.15) is 38.3 Å². The lowest BCUT2D eigenvalue weighted by molar-refractivity contribution is -0.275. The summed E-state index contributed by atoms with van der Waals surface area (Å²) in [6.07, 6.45) is -2.93. The number of piperazine rings is 1. The Labute approximate surface area is 174 Å². The lowest BCUT2D eigenvalue weighted by Gasteiger charge is -2.36. The molecule has 9 heteroatoms. The fraction of sp³-hybridized carbons (Fsp3) is 0.647. The van der Waals surface area contributed by atoms with Gasteiger partial charge in [-0.2, -0.15) is 0 Å². The van der Waals surface area contributed by atoms with Crippen LogP contribution in [0.2, 0.25) is 0 Å². The van der Waals surface area contributed by atoms with Gasteiger partial charge in [0.05, 0.1) is 0 Å². The maximum atomic E-state index is 12.8. The molecule has 1 aromatic rings. The largest absolute Gasteiger partial charge is 0.573 e. The van der Waals surface area contributed by atoms with Crippen LogP contribution < -0.4 is 10.1 Å². The predicted molar refractivity (Wildman–Crippen MR) is 107 cm³/mol. The van der Waals surface area contributed by atoms with E-state index >= 15 is 0 Å². The Morgan fingerprint density at radius 3 is 2.31 bits per heavy atom. The van der Waals surface area contributed by atoms with E-state index in [1.807, 2.05) is 0 Å². The number of halogens is 6. The Bertz CT molecular complexity index is 541. The molecule has 0 aromatic heterocycles. The van der Waals surface area contributed by atoms with Crippen molar-refractivity contribution in [1.82, 2.24) is 10.2 Å². The van der Waals surface area contributed by atoms with E-state index in [1.165, 1.54) is 6.07 Å². The first-order chi connectivity index (χ1) is 11.3. The molecule has 0 bridgehead atoms. The van der Waals surface area contributed by atoms with Gasteiger partial charge in [-0.1, -0.05) is 29.8 Å². The maximum Gasteiger partial charge on any atom is 0.573 e. The van der Waals surface area contributed by atoms with Gasteiger partial charge in [-0.3, -0.25) is 4.90 Å². The zero-order valence-electron chi connectivity index (χ0n) is 14.8. The van der Waals surface area contributed by atoms with Gasteiger partial charge >= 0.3 is 6.36 Å². The average molecular weight is 482 g/mol. The summed E-state index contributed by atoms with van der Waals surface area (Å²) in [4.78, 5) is 2.25. The Hall–Kier alpha value is -0.210. The number of nitrogens with zero attached hydrogens (tertiary/aromatic N) is 1. The van der Waals surface area contributed by atoms with Crippen molar-refractivity contribution < 1.29 is 17.9 Å².